The molecule has 2 aromatic rings. The van der Waals surface area contributed by atoms with E-state index in [4.69, 9.17) is 9.72 Å². The van der Waals surface area contributed by atoms with Crippen molar-refractivity contribution in [2.45, 2.75) is 45.7 Å². The van der Waals surface area contributed by atoms with E-state index in [1.54, 1.807) is 19.2 Å². The van der Waals surface area contributed by atoms with Gasteiger partial charge in [-0.05, 0) is 6.07 Å². The van der Waals surface area contributed by atoms with Gasteiger partial charge >= 0.3 is 0 Å². The van der Waals surface area contributed by atoms with E-state index >= 15 is 0 Å². The van der Waals surface area contributed by atoms with Gasteiger partial charge in [-0.25, -0.2) is 9.97 Å². The van der Waals surface area contributed by atoms with Crippen molar-refractivity contribution in [3.8, 4) is 5.75 Å². The van der Waals surface area contributed by atoms with Gasteiger partial charge in [-0.15, -0.1) is 0 Å². The number of non-ortho nitro benzene ring substituents is 1. The lowest BCUT2D eigenvalue weighted by Crippen LogP contribution is -2.32. The Labute approximate surface area is 153 Å². The molecule has 0 saturated heterocycles. The van der Waals surface area contributed by atoms with Crippen molar-refractivity contribution < 1.29 is 9.66 Å². The molecular weight excluding hydrogens is 332 g/mol. The first-order valence-electron chi connectivity index (χ1n) is 8.67. The summed E-state index contributed by atoms with van der Waals surface area (Å²) < 4.78 is 5.37. The minimum atomic E-state index is -0.379. The minimum absolute atomic E-state index is 0.0670. The van der Waals surface area contributed by atoms with Crippen LogP contribution in [0.1, 0.15) is 43.4 Å². The van der Waals surface area contributed by atoms with E-state index < -0.39 is 0 Å². The predicted molar refractivity (Wildman–Crippen MR) is 98.2 cm³/mol. The van der Waals surface area contributed by atoms with Gasteiger partial charge < -0.3 is 4.74 Å². The van der Waals surface area contributed by atoms with E-state index in [9.17, 15) is 10.1 Å². The number of hydrogen-bond acceptors (Lipinski definition) is 6. The summed E-state index contributed by atoms with van der Waals surface area (Å²) >= 11 is 0. The first-order valence-corrected chi connectivity index (χ1v) is 8.67. The Bertz CT molecular complexity index is 830. The molecule has 1 aliphatic rings. The van der Waals surface area contributed by atoms with Crippen LogP contribution in [0.4, 0.5) is 5.69 Å². The largest absolute Gasteiger partial charge is 0.496 e. The molecule has 0 bridgehead atoms. The predicted octanol–water partition coefficient (Wildman–Crippen LogP) is 3.25. The number of benzene rings is 1. The van der Waals surface area contributed by atoms with Gasteiger partial charge in [0, 0.05) is 66.6 Å². The molecule has 0 amide bonds. The van der Waals surface area contributed by atoms with Gasteiger partial charge in [0.05, 0.1) is 12.0 Å². The van der Waals surface area contributed by atoms with E-state index in [-0.39, 0.29) is 16.0 Å². The molecule has 0 radical (unpaired) electrons. The molecule has 3 rings (SSSR count). The normalized spacial score (nSPS) is 14.8. The highest BCUT2D eigenvalue weighted by Gasteiger charge is 2.24. The third-order valence-electron chi connectivity index (χ3n) is 4.55. The van der Waals surface area contributed by atoms with Crippen LogP contribution in [-0.2, 0) is 24.9 Å². The Morgan fingerprint density at radius 1 is 1.35 bits per heavy atom. The summed E-state index contributed by atoms with van der Waals surface area (Å²) in [5.74, 6) is 1.53. The van der Waals surface area contributed by atoms with Gasteiger partial charge in [0.2, 0.25) is 0 Å². The zero-order valence-corrected chi connectivity index (χ0v) is 15.7. The topological polar surface area (TPSA) is 81.4 Å². The molecule has 1 aromatic carbocycles. The van der Waals surface area contributed by atoms with E-state index in [1.807, 2.05) is 6.20 Å². The fraction of sp³-hybridized carbons (Fsp3) is 0.474. The highest BCUT2D eigenvalue weighted by Crippen LogP contribution is 2.28. The zero-order chi connectivity index (χ0) is 18.9. The smallest absolute Gasteiger partial charge is 0.270 e. The maximum atomic E-state index is 11.1. The first-order chi connectivity index (χ1) is 12.3. The highest BCUT2D eigenvalue weighted by atomic mass is 16.6. The Balaban J connectivity index is 1.80. The summed E-state index contributed by atoms with van der Waals surface area (Å²) in [4.78, 5) is 22.2. The van der Waals surface area contributed by atoms with Crippen LogP contribution in [0.15, 0.2) is 24.4 Å². The zero-order valence-electron chi connectivity index (χ0n) is 15.7. The SMILES string of the molecule is COc1ccc([N+](=O)[O-])cc1CN1CCc2nc(C(C)(C)C)ncc2C1. The van der Waals surface area contributed by atoms with Gasteiger partial charge in [-0.1, -0.05) is 20.8 Å². The summed E-state index contributed by atoms with van der Waals surface area (Å²) in [6, 6.07) is 4.72. The van der Waals surface area contributed by atoms with Crippen LogP contribution in [0.5, 0.6) is 5.75 Å². The van der Waals surface area contributed by atoms with E-state index in [1.165, 1.54) is 6.07 Å². The van der Waals surface area contributed by atoms with Crippen molar-refractivity contribution in [2.75, 3.05) is 13.7 Å². The van der Waals surface area contributed by atoms with Gasteiger partial charge in [-0.3, -0.25) is 15.0 Å². The number of nitro benzene ring substituents is 1. The minimum Gasteiger partial charge on any atom is -0.496 e. The molecular formula is C19H24N4O3. The van der Waals surface area contributed by atoms with Gasteiger partial charge in [-0.2, -0.15) is 0 Å². The summed E-state index contributed by atoms with van der Waals surface area (Å²) in [6.45, 7) is 8.49. The van der Waals surface area contributed by atoms with Crippen LogP contribution in [0, 0.1) is 10.1 Å². The van der Waals surface area contributed by atoms with E-state index in [2.05, 4.69) is 30.7 Å². The molecule has 2 heterocycles. The van der Waals surface area contributed by atoms with E-state index in [0.717, 1.165) is 42.2 Å². The maximum Gasteiger partial charge on any atom is 0.270 e. The second kappa shape index (κ2) is 6.99. The number of aromatic nitrogens is 2. The first kappa shape index (κ1) is 18.3. The van der Waals surface area contributed by atoms with Crippen molar-refractivity contribution in [3.05, 3.63) is 57.2 Å². The van der Waals surface area contributed by atoms with Gasteiger partial charge in [0.1, 0.15) is 11.6 Å². The Hall–Kier alpha value is -2.54. The average molecular weight is 356 g/mol. The number of nitro groups is 1. The number of ether oxygens (including phenoxy) is 1. The van der Waals surface area contributed by atoms with Crippen LogP contribution >= 0.6 is 0 Å². The van der Waals surface area contributed by atoms with Crippen molar-refractivity contribution >= 4 is 5.69 Å². The van der Waals surface area contributed by atoms with Crippen molar-refractivity contribution in [1.82, 2.24) is 14.9 Å². The maximum absolute atomic E-state index is 11.1. The van der Waals surface area contributed by atoms with Crippen molar-refractivity contribution in [2.24, 2.45) is 0 Å². The third-order valence-corrected chi connectivity index (χ3v) is 4.55. The van der Waals surface area contributed by atoms with Crippen molar-refractivity contribution in [3.63, 3.8) is 0 Å². The molecule has 7 nitrogen and oxygen atoms in total. The molecule has 0 atom stereocenters. The quantitative estimate of drug-likeness (QED) is 0.618. The Morgan fingerprint density at radius 3 is 2.77 bits per heavy atom. The van der Waals surface area contributed by atoms with Crippen LogP contribution in [-0.4, -0.2) is 33.4 Å². The lowest BCUT2D eigenvalue weighted by atomic mass is 9.95. The lowest BCUT2D eigenvalue weighted by Gasteiger charge is -2.29. The molecule has 138 valence electrons. The molecule has 26 heavy (non-hydrogen) atoms. The number of rotatable bonds is 4. The lowest BCUT2D eigenvalue weighted by molar-refractivity contribution is -0.385. The summed E-state index contributed by atoms with van der Waals surface area (Å²) in [6.07, 6.45) is 2.76. The third kappa shape index (κ3) is 3.83. The Morgan fingerprint density at radius 2 is 2.12 bits per heavy atom. The number of methoxy groups -OCH3 is 1. The monoisotopic (exact) mass is 356 g/mol. The molecule has 0 fully saturated rings. The molecule has 0 aliphatic carbocycles. The molecule has 7 heteroatoms. The number of fused-ring (bicyclic) bond motifs is 1. The fourth-order valence-electron chi connectivity index (χ4n) is 3.11. The highest BCUT2D eigenvalue weighted by molar-refractivity contribution is 5.44. The summed E-state index contributed by atoms with van der Waals surface area (Å²) in [5.41, 5.74) is 3.05. The average Bonchev–Trinajstić information content (AvgIpc) is 2.60. The number of hydrogen-bond donors (Lipinski definition) is 0. The molecule has 1 aromatic heterocycles. The number of nitrogens with zero attached hydrogens (tertiary/aromatic N) is 4. The van der Waals surface area contributed by atoms with Crippen LogP contribution in [0.2, 0.25) is 0 Å². The second-order valence-corrected chi connectivity index (χ2v) is 7.63. The van der Waals surface area contributed by atoms with Crippen LogP contribution < -0.4 is 4.74 Å². The second-order valence-electron chi connectivity index (χ2n) is 7.63. The van der Waals surface area contributed by atoms with Crippen LogP contribution in [0.25, 0.3) is 0 Å². The van der Waals surface area contributed by atoms with Gasteiger partial charge in [0.25, 0.3) is 5.69 Å². The molecule has 0 saturated carbocycles. The summed E-state index contributed by atoms with van der Waals surface area (Å²) in [5, 5.41) is 11.1. The van der Waals surface area contributed by atoms with Crippen LogP contribution in [0.3, 0.4) is 0 Å². The summed E-state index contributed by atoms with van der Waals surface area (Å²) in [7, 11) is 1.58. The molecule has 0 unspecified atom stereocenters. The Kier molecular flexibility index (Phi) is 4.91. The molecule has 0 spiro atoms. The molecule has 0 N–H and O–H groups in total. The van der Waals surface area contributed by atoms with Gasteiger partial charge in [0.15, 0.2) is 0 Å². The fourth-order valence-corrected chi connectivity index (χ4v) is 3.11. The standard InChI is InChI=1S/C19H24N4O3/c1-19(2,3)18-20-10-14-12-22(8-7-16(14)21-18)11-13-9-15(23(24)25)5-6-17(13)26-4/h5-6,9-10H,7-8,11-12H2,1-4H3. The van der Waals surface area contributed by atoms with Crippen molar-refractivity contribution in [1.29, 1.82) is 0 Å². The van der Waals surface area contributed by atoms with E-state index in [0.29, 0.717) is 12.3 Å². The molecule has 1 aliphatic heterocycles.